The van der Waals surface area contributed by atoms with Gasteiger partial charge < -0.3 is 14.7 Å². The zero-order valence-electron chi connectivity index (χ0n) is 15.0. The van der Waals surface area contributed by atoms with Gasteiger partial charge in [-0.3, -0.25) is 14.5 Å². The first-order chi connectivity index (χ1) is 12.7. The second-order valence-electron chi connectivity index (χ2n) is 6.44. The van der Waals surface area contributed by atoms with Crippen molar-refractivity contribution in [3.05, 3.63) is 29.8 Å². The van der Waals surface area contributed by atoms with E-state index in [0.717, 1.165) is 0 Å². The van der Waals surface area contributed by atoms with Crippen molar-refractivity contribution in [2.24, 2.45) is 0 Å². The first-order valence-corrected chi connectivity index (χ1v) is 8.76. The molecular formula is C18H23F3N2O4. The molecule has 0 radical (unpaired) electrons. The monoisotopic (exact) mass is 388 g/mol. The molecule has 0 atom stereocenters. The van der Waals surface area contributed by atoms with Gasteiger partial charge in [-0.1, -0.05) is 19.1 Å². The number of carbonyl (C=O) groups excluding carboxylic acids is 1. The van der Waals surface area contributed by atoms with Crippen molar-refractivity contribution in [1.82, 2.24) is 9.80 Å². The van der Waals surface area contributed by atoms with Crippen LogP contribution in [0.4, 0.5) is 13.2 Å². The van der Waals surface area contributed by atoms with E-state index in [1.54, 1.807) is 4.90 Å². The van der Waals surface area contributed by atoms with Gasteiger partial charge in [0.05, 0.1) is 13.0 Å². The quantitative estimate of drug-likeness (QED) is 0.777. The molecule has 150 valence electrons. The Morgan fingerprint density at radius 3 is 2.30 bits per heavy atom. The van der Waals surface area contributed by atoms with Gasteiger partial charge in [0.2, 0.25) is 5.91 Å². The average Bonchev–Trinajstić information content (AvgIpc) is 2.60. The lowest BCUT2D eigenvalue weighted by atomic mass is 10.0. The normalized spacial score (nSPS) is 15.8. The minimum Gasteiger partial charge on any atom is -0.480 e. The predicted molar refractivity (Wildman–Crippen MR) is 91.3 cm³/mol. The maximum atomic E-state index is 12.4. The van der Waals surface area contributed by atoms with Gasteiger partial charge in [-0.15, -0.1) is 13.2 Å². The number of carboxylic acid groups (broad SMARTS) is 1. The lowest BCUT2D eigenvalue weighted by molar-refractivity contribution is -0.274. The highest BCUT2D eigenvalue weighted by Crippen LogP contribution is 2.23. The number of likely N-dealkylation sites (N-methyl/N-ethyl adjacent to an activating group) is 1. The van der Waals surface area contributed by atoms with Gasteiger partial charge in [-0.05, 0) is 37.1 Å². The molecule has 0 aromatic heterocycles. The molecule has 0 bridgehead atoms. The Bertz CT molecular complexity index is 641. The maximum absolute atomic E-state index is 12.4. The number of benzene rings is 1. The van der Waals surface area contributed by atoms with Gasteiger partial charge in [0.15, 0.2) is 0 Å². The van der Waals surface area contributed by atoms with E-state index >= 15 is 0 Å². The van der Waals surface area contributed by atoms with Crippen molar-refractivity contribution in [3.8, 4) is 5.75 Å². The highest BCUT2D eigenvalue weighted by molar-refractivity contribution is 5.79. The first-order valence-electron chi connectivity index (χ1n) is 8.76. The van der Waals surface area contributed by atoms with E-state index < -0.39 is 12.3 Å². The molecule has 0 saturated carbocycles. The smallest absolute Gasteiger partial charge is 0.480 e. The second-order valence-corrected chi connectivity index (χ2v) is 6.44. The molecule has 27 heavy (non-hydrogen) atoms. The fourth-order valence-corrected chi connectivity index (χ4v) is 3.25. The van der Waals surface area contributed by atoms with Crippen molar-refractivity contribution >= 4 is 11.9 Å². The Morgan fingerprint density at radius 1 is 1.22 bits per heavy atom. The van der Waals surface area contributed by atoms with Gasteiger partial charge in [0, 0.05) is 19.1 Å². The van der Waals surface area contributed by atoms with Crippen LogP contribution in [0.5, 0.6) is 5.75 Å². The summed E-state index contributed by atoms with van der Waals surface area (Å²) in [5.74, 6) is -1.29. The number of piperidine rings is 1. The zero-order valence-corrected chi connectivity index (χ0v) is 15.0. The third kappa shape index (κ3) is 6.74. The van der Waals surface area contributed by atoms with Crippen LogP contribution >= 0.6 is 0 Å². The molecule has 1 aromatic carbocycles. The molecule has 1 aliphatic rings. The summed E-state index contributed by atoms with van der Waals surface area (Å²) in [6.45, 7) is 3.61. The first kappa shape index (κ1) is 21.0. The summed E-state index contributed by atoms with van der Waals surface area (Å²) >= 11 is 0. The molecule has 2 rings (SSSR count). The van der Waals surface area contributed by atoms with Crippen molar-refractivity contribution in [2.45, 2.75) is 38.6 Å². The van der Waals surface area contributed by atoms with Crippen LogP contribution in [0.3, 0.4) is 0 Å². The summed E-state index contributed by atoms with van der Waals surface area (Å²) in [7, 11) is 0. The SMILES string of the molecule is CCN(CC(=O)O)C1CCN(C(=O)Cc2ccc(OC(F)(F)F)cc2)CC1. The minimum absolute atomic E-state index is 0.0124. The van der Waals surface area contributed by atoms with Crippen molar-refractivity contribution in [2.75, 3.05) is 26.2 Å². The van der Waals surface area contributed by atoms with Crippen LogP contribution < -0.4 is 4.74 Å². The molecule has 9 heteroatoms. The molecule has 1 amide bonds. The third-order valence-electron chi connectivity index (χ3n) is 4.59. The Kier molecular flexibility index (Phi) is 7.06. The second kappa shape index (κ2) is 9.07. The number of aliphatic carboxylic acids is 1. The van der Waals surface area contributed by atoms with Crippen molar-refractivity contribution in [1.29, 1.82) is 0 Å². The highest BCUT2D eigenvalue weighted by atomic mass is 19.4. The molecule has 1 aliphatic heterocycles. The van der Waals surface area contributed by atoms with Gasteiger partial charge in [-0.25, -0.2) is 0 Å². The van der Waals surface area contributed by atoms with E-state index in [-0.39, 0.29) is 30.7 Å². The number of amides is 1. The van der Waals surface area contributed by atoms with E-state index in [9.17, 15) is 22.8 Å². The summed E-state index contributed by atoms with van der Waals surface area (Å²) in [5, 5.41) is 8.95. The van der Waals surface area contributed by atoms with E-state index in [1.165, 1.54) is 24.3 Å². The number of hydrogen-bond donors (Lipinski definition) is 1. The number of carboxylic acids is 1. The van der Waals surface area contributed by atoms with Crippen LogP contribution in [0.1, 0.15) is 25.3 Å². The van der Waals surface area contributed by atoms with Crippen molar-refractivity contribution in [3.63, 3.8) is 0 Å². The largest absolute Gasteiger partial charge is 0.573 e. The van der Waals surface area contributed by atoms with Crippen LogP contribution in [0.15, 0.2) is 24.3 Å². The third-order valence-corrected chi connectivity index (χ3v) is 4.59. The van der Waals surface area contributed by atoms with Crippen LogP contribution in [0, 0.1) is 0 Å². The number of alkyl halides is 3. The minimum atomic E-state index is -4.74. The summed E-state index contributed by atoms with van der Waals surface area (Å²) < 4.78 is 40.3. The van der Waals surface area contributed by atoms with Gasteiger partial charge >= 0.3 is 12.3 Å². The van der Waals surface area contributed by atoms with Crippen LogP contribution in [-0.2, 0) is 16.0 Å². The topological polar surface area (TPSA) is 70.1 Å². The van der Waals surface area contributed by atoms with E-state index in [2.05, 4.69) is 4.74 Å². The molecule has 6 nitrogen and oxygen atoms in total. The molecule has 1 aromatic rings. The van der Waals surface area contributed by atoms with Crippen LogP contribution in [-0.4, -0.2) is 65.4 Å². The van der Waals surface area contributed by atoms with Crippen LogP contribution in [0.25, 0.3) is 0 Å². The zero-order chi connectivity index (χ0) is 20.0. The van der Waals surface area contributed by atoms with E-state index in [4.69, 9.17) is 5.11 Å². The predicted octanol–water partition coefficient (Wildman–Crippen LogP) is 2.53. The average molecular weight is 388 g/mol. The number of hydrogen-bond acceptors (Lipinski definition) is 4. The number of carbonyl (C=O) groups is 2. The Labute approximate surface area is 155 Å². The molecule has 0 unspecified atom stereocenters. The Hall–Kier alpha value is -2.29. The van der Waals surface area contributed by atoms with Crippen LogP contribution in [0.2, 0.25) is 0 Å². The molecule has 0 spiro atoms. The number of nitrogens with zero attached hydrogens (tertiary/aromatic N) is 2. The molecule has 1 fully saturated rings. The molecular weight excluding hydrogens is 365 g/mol. The van der Waals surface area contributed by atoms with Crippen molar-refractivity contribution < 1.29 is 32.6 Å². The van der Waals surface area contributed by atoms with E-state index in [1.807, 2.05) is 11.8 Å². The standard InChI is InChI=1S/C18H23F3N2O4/c1-2-22(12-17(25)26)14-7-9-23(10-8-14)16(24)11-13-3-5-15(6-4-13)27-18(19,20)21/h3-6,14H,2,7-12H2,1H3,(H,25,26). The highest BCUT2D eigenvalue weighted by Gasteiger charge is 2.31. The summed E-state index contributed by atoms with van der Waals surface area (Å²) in [4.78, 5) is 26.9. The molecule has 1 N–H and O–H groups in total. The summed E-state index contributed by atoms with van der Waals surface area (Å²) in [6, 6.07) is 5.39. The fourth-order valence-electron chi connectivity index (χ4n) is 3.25. The lowest BCUT2D eigenvalue weighted by Gasteiger charge is -2.37. The molecule has 1 heterocycles. The van der Waals surface area contributed by atoms with Gasteiger partial charge in [-0.2, -0.15) is 0 Å². The Morgan fingerprint density at radius 2 is 1.81 bits per heavy atom. The summed E-state index contributed by atoms with van der Waals surface area (Å²) in [6.07, 6.45) is -3.24. The number of rotatable bonds is 7. The van der Waals surface area contributed by atoms with Gasteiger partial charge in [0.1, 0.15) is 5.75 Å². The fraction of sp³-hybridized carbons (Fsp3) is 0.556. The summed E-state index contributed by atoms with van der Waals surface area (Å²) in [5.41, 5.74) is 0.609. The lowest BCUT2D eigenvalue weighted by Crippen LogP contribution is -2.48. The number of likely N-dealkylation sites (tertiary alicyclic amines) is 1. The maximum Gasteiger partial charge on any atom is 0.573 e. The number of ether oxygens (including phenoxy) is 1. The molecule has 1 saturated heterocycles. The number of halogens is 3. The van der Waals surface area contributed by atoms with Gasteiger partial charge in [0.25, 0.3) is 0 Å². The van der Waals surface area contributed by atoms with E-state index in [0.29, 0.717) is 38.0 Å². The molecule has 0 aliphatic carbocycles. The Balaban J connectivity index is 1.84.